The smallest absolute Gasteiger partial charge is 0.287 e. The number of anilines is 1. The molecule has 246 valence electrons. The van der Waals surface area contributed by atoms with E-state index in [1.54, 1.807) is 39.2 Å². The lowest BCUT2D eigenvalue weighted by Gasteiger charge is -2.46. The molecule has 2 bridgehead atoms. The van der Waals surface area contributed by atoms with Gasteiger partial charge in [-0.15, -0.1) is 4.36 Å². The molecule has 6 rings (SSSR count). The van der Waals surface area contributed by atoms with Gasteiger partial charge in [-0.05, 0) is 105 Å². The van der Waals surface area contributed by atoms with Crippen LogP contribution in [0.2, 0.25) is 5.02 Å². The van der Waals surface area contributed by atoms with E-state index in [2.05, 4.69) is 32.7 Å². The number of methoxy groups -OCH3 is 1. The van der Waals surface area contributed by atoms with Crippen molar-refractivity contribution in [3.05, 3.63) is 77.4 Å². The van der Waals surface area contributed by atoms with Gasteiger partial charge in [-0.3, -0.25) is 14.3 Å². The summed E-state index contributed by atoms with van der Waals surface area (Å²) in [7, 11) is -2.06. The lowest BCUT2D eigenvalue weighted by Crippen LogP contribution is -2.49. The molecule has 2 amide bonds. The molecule has 0 aromatic heterocycles. The molecule has 4 aliphatic rings. The molecule has 5 atom stereocenters. The van der Waals surface area contributed by atoms with Crippen LogP contribution < -0.4 is 14.4 Å². The van der Waals surface area contributed by atoms with E-state index in [9.17, 15) is 13.8 Å². The van der Waals surface area contributed by atoms with Crippen molar-refractivity contribution in [2.45, 2.75) is 68.0 Å². The van der Waals surface area contributed by atoms with Gasteiger partial charge in [0.25, 0.3) is 11.8 Å². The highest BCUT2D eigenvalue weighted by Gasteiger charge is 2.44. The number of carbonyl (C=O) groups excluding carboxylic acids is 2. The third kappa shape index (κ3) is 6.24. The highest BCUT2D eigenvalue weighted by atomic mass is 35.5. The zero-order valence-corrected chi connectivity index (χ0v) is 28.2. The number of hydrogen-bond donors (Lipinski definition) is 1. The zero-order chi connectivity index (χ0) is 32.7. The maximum absolute atomic E-state index is 14.6. The lowest BCUT2D eigenvalue weighted by molar-refractivity contribution is -0.137. The summed E-state index contributed by atoms with van der Waals surface area (Å²) < 4.78 is 39.6. The van der Waals surface area contributed by atoms with Gasteiger partial charge in [-0.2, -0.15) is 0 Å². The van der Waals surface area contributed by atoms with Crippen molar-refractivity contribution in [1.29, 1.82) is 0 Å². The monoisotopic (exact) mass is 667 g/mol. The van der Waals surface area contributed by atoms with Crippen LogP contribution in [-0.4, -0.2) is 61.1 Å². The van der Waals surface area contributed by atoms with E-state index in [4.69, 9.17) is 25.8 Å². The Morgan fingerprint density at radius 3 is 2.80 bits per heavy atom. The van der Waals surface area contributed by atoms with Crippen molar-refractivity contribution in [2.24, 2.45) is 16.2 Å². The molecule has 2 aromatic rings. The van der Waals surface area contributed by atoms with E-state index in [1.807, 2.05) is 18.2 Å². The SMILES string of the molecule is C=CC(=O)NS1(=O)=NC(=O)C(C)(C)OC/C=C/[C@H](OC)[C@@H]2CC[C@H]2CN2C[C@@]3(CCCc4cc(Cl)ccc43)COc3ccc1cc32. The Kier molecular flexibility index (Phi) is 9.10. The van der Waals surface area contributed by atoms with Crippen LogP contribution >= 0.6 is 11.6 Å². The molecule has 1 N–H and O–H groups in total. The summed E-state index contributed by atoms with van der Waals surface area (Å²) in [6.07, 6.45) is 9.77. The minimum atomic E-state index is -3.78. The Labute approximate surface area is 276 Å². The fraction of sp³-hybridized carbons (Fsp3) is 0.486. The molecule has 2 aliphatic carbocycles. The number of halogens is 1. The summed E-state index contributed by atoms with van der Waals surface area (Å²) in [4.78, 5) is 28.6. The maximum Gasteiger partial charge on any atom is 0.287 e. The third-order valence-electron chi connectivity index (χ3n) is 9.97. The van der Waals surface area contributed by atoms with E-state index in [1.165, 1.54) is 11.1 Å². The first-order valence-electron chi connectivity index (χ1n) is 15.9. The van der Waals surface area contributed by atoms with Gasteiger partial charge in [0.05, 0.1) is 29.9 Å². The molecule has 46 heavy (non-hydrogen) atoms. The van der Waals surface area contributed by atoms with Gasteiger partial charge < -0.3 is 19.1 Å². The average Bonchev–Trinajstić information content (AvgIpc) is 3.16. The van der Waals surface area contributed by atoms with E-state index in [0.717, 1.165) is 55.4 Å². The van der Waals surface area contributed by atoms with Crippen molar-refractivity contribution >= 4 is 39.0 Å². The topological polar surface area (TPSA) is 107 Å². The Balaban J connectivity index is 1.51. The molecule has 1 spiro atoms. The first-order chi connectivity index (χ1) is 22.0. The molecule has 2 aliphatic heterocycles. The summed E-state index contributed by atoms with van der Waals surface area (Å²) in [6, 6.07) is 11.3. The average molecular weight is 668 g/mol. The van der Waals surface area contributed by atoms with Gasteiger partial charge in [0.2, 0.25) is 0 Å². The minimum absolute atomic E-state index is 0.104. The number of nitrogens with one attached hydrogen (secondary N) is 1. The number of rotatable bonds is 3. The number of amides is 2. The number of ether oxygens (including phenoxy) is 3. The Hall–Kier alpha value is -3.18. The van der Waals surface area contributed by atoms with Crippen molar-refractivity contribution in [2.75, 3.05) is 38.3 Å². The second-order valence-electron chi connectivity index (χ2n) is 13.3. The van der Waals surface area contributed by atoms with Crippen molar-refractivity contribution in [3.63, 3.8) is 0 Å². The number of nitrogens with zero attached hydrogens (tertiary/aromatic N) is 2. The summed E-state index contributed by atoms with van der Waals surface area (Å²) in [5.74, 6) is -0.201. The number of carbonyl (C=O) groups is 2. The number of hydrogen-bond acceptors (Lipinski definition) is 7. The molecular formula is C35H42ClN3O6S. The van der Waals surface area contributed by atoms with Crippen molar-refractivity contribution in [3.8, 4) is 5.75 Å². The predicted molar refractivity (Wildman–Crippen MR) is 179 cm³/mol. The summed E-state index contributed by atoms with van der Waals surface area (Å²) in [6.45, 7) is 8.66. The minimum Gasteiger partial charge on any atom is -0.490 e. The lowest BCUT2D eigenvalue weighted by atomic mass is 9.68. The molecule has 2 aromatic carbocycles. The van der Waals surface area contributed by atoms with Crippen LogP contribution in [0.4, 0.5) is 5.69 Å². The molecular weight excluding hydrogens is 626 g/mol. The summed E-state index contributed by atoms with van der Waals surface area (Å²) >= 11 is 6.43. The largest absolute Gasteiger partial charge is 0.490 e. The molecule has 1 saturated carbocycles. The molecule has 11 heteroatoms. The van der Waals surface area contributed by atoms with Crippen LogP contribution in [0.3, 0.4) is 0 Å². The highest BCUT2D eigenvalue weighted by Crippen LogP contribution is 2.47. The van der Waals surface area contributed by atoms with Gasteiger partial charge in [0.1, 0.15) is 11.4 Å². The molecule has 1 unspecified atom stereocenters. The van der Waals surface area contributed by atoms with Gasteiger partial charge in [-0.25, -0.2) is 4.21 Å². The number of fused-ring (bicyclic) bond motifs is 4. The van der Waals surface area contributed by atoms with Gasteiger partial charge in [-0.1, -0.05) is 36.4 Å². The maximum atomic E-state index is 14.6. The predicted octanol–water partition coefficient (Wildman–Crippen LogP) is 5.79. The van der Waals surface area contributed by atoms with Gasteiger partial charge in [0.15, 0.2) is 9.92 Å². The molecule has 9 nitrogen and oxygen atoms in total. The summed E-state index contributed by atoms with van der Waals surface area (Å²) in [5, 5.41) is 0.725. The van der Waals surface area contributed by atoms with Gasteiger partial charge >= 0.3 is 0 Å². The standard InChI is InChI=1S/C35H42ClN3O6S/c1-5-32(40)37-46(42)26-12-15-31-29(19-26)39(21-35(22-44-31)16-6-8-23-18-25(36)11-14-28(23)35)20-24-10-13-27(24)30(43-4)9-7-17-45-34(2,3)33(41)38-46/h5,7,9,11-12,14-15,18-19,24,27,30H,1,6,8,10,13,16-17,20-22H2,2-4H3,(H,37,38,40,41,42)/b9-7+/t24-,27+,30-,35-,46?/m0/s1. The highest BCUT2D eigenvalue weighted by molar-refractivity contribution is 7.92. The van der Waals surface area contributed by atoms with Crippen LogP contribution in [0, 0.1) is 11.8 Å². The summed E-state index contributed by atoms with van der Waals surface area (Å²) in [5.41, 5.74) is 1.53. The molecule has 2 heterocycles. The zero-order valence-electron chi connectivity index (χ0n) is 26.6. The van der Waals surface area contributed by atoms with E-state index >= 15 is 0 Å². The van der Waals surface area contributed by atoms with Crippen LogP contribution in [0.15, 0.2) is 70.5 Å². The van der Waals surface area contributed by atoms with E-state index < -0.39 is 27.3 Å². The van der Waals surface area contributed by atoms with Gasteiger partial charge in [0, 0.05) is 30.6 Å². The second kappa shape index (κ2) is 12.8. The fourth-order valence-electron chi connectivity index (χ4n) is 7.25. The van der Waals surface area contributed by atoms with E-state index in [0.29, 0.717) is 30.7 Å². The van der Waals surface area contributed by atoms with Crippen LogP contribution in [0.5, 0.6) is 5.75 Å². The number of aryl methyl sites for hydroxylation is 1. The molecule has 0 radical (unpaired) electrons. The Bertz CT molecular complexity index is 1700. The Morgan fingerprint density at radius 2 is 2.07 bits per heavy atom. The first-order valence-corrected chi connectivity index (χ1v) is 17.8. The first kappa shape index (κ1) is 32.7. The third-order valence-corrected chi connectivity index (χ3v) is 12.0. The van der Waals surface area contributed by atoms with Crippen molar-refractivity contribution in [1.82, 2.24) is 4.72 Å². The fourth-order valence-corrected chi connectivity index (χ4v) is 9.04. The van der Waals surface area contributed by atoms with Crippen LogP contribution in [0.25, 0.3) is 0 Å². The van der Waals surface area contributed by atoms with Crippen LogP contribution in [-0.2, 0) is 40.8 Å². The van der Waals surface area contributed by atoms with Crippen molar-refractivity contribution < 1.29 is 28.0 Å². The number of benzene rings is 2. The van der Waals surface area contributed by atoms with Crippen LogP contribution in [0.1, 0.15) is 50.7 Å². The Morgan fingerprint density at radius 1 is 1.24 bits per heavy atom. The quantitative estimate of drug-likeness (QED) is 0.326. The second-order valence-corrected chi connectivity index (χ2v) is 15.6. The normalized spacial score (nSPS) is 31.2. The van der Waals surface area contributed by atoms with E-state index in [-0.39, 0.29) is 23.0 Å². The molecule has 0 saturated heterocycles. The molecule has 1 fully saturated rings.